The fourth-order valence-corrected chi connectivity index (χ4v) is 3.18. The Morgan fingerprint density at radius 1 is 1.23 bits per heavy atom. The van der Waals surface area contributed by atoms with Gasteiger partial charge in [-0.05, 0) is 29.1 Å². The van der Waals surface area contributed by atoms with Gasteiger partial charge in [-0.25, -0.2) is 0 Å². The Morgan fingerprint density at radius 3 is 1.92 bits per heavy atom. The Morgan fingerprint density at radius 2 is 1.69 bits per heavy atom. The van der Waals surface area contributed by atoms with Crippen LogP contribution in [0.4, 0.5) is 0 Å². The Balaban J connectivity index is 2.05. The van der Waals surface area contributed by atoms with Gasteiger partial charge >= 0.3 is 5.97 Å². The van der Waals surface area contributed by atoms with Crippen molar-refractivity contribution in [3.8, 4) is 0 Å². The molecule has 13 heavy (non-hydrogen) atoms. The zero-order valence-corrected chi connectivity index (χ0v) is 8.79. The van der Waals surface area contributed by atoms with Crippen molar-refractivity contribution in [3.63, 3.8) is 0 Å². The third-order valence-corrected chi connectivity index (χ3v) is 4.72. The highest BCUT2D eigenvalue weighted by Gasteiger charge is 2.72. The van der Waals surface area contributed by atoms with Crippen LogP contribution in [0.3, 0.4) is 0 Å². The molecule has 0 spiro atoms. The molecule has 74 valence electrons. The smallest absolute Gasteiger partial charge is 0.306 e. The van der Waals surface area contributed by atoms with Gasteiger partial charge in [0.1, 0.15) is 0 Å². The van der Waals surface area contributed by atoms with Gasteiger partial charge < -0.3 is 5.11 Å². The Hall–Kier alpha value is -0.530. The molecule has 2 unspecified atom stereocenters. The van der Waals surface area contributed by atoms with Crippen LogP contribution in [0.25, 0.3) is 0 Å². The maximum atomic E-state index is 10.7. The Labute approximate surface area is 79.3 Å². The highest BCUT2D eigenvalue weighted by atomic mass is 16.4. The summed E-state index contributed by atoms with van der Waals surface area (Å²) in [4.78, 5) is 10.7. The summed E-state index contributed by atoms with van der Waals surface area (Å²) in [6.45, 7) is 9.04. The molecule has 0 heterocycles. The van der Waals surface area contributed by atoms with Crippen molar-refractivity contribution < 1.29 is 9.90 Å². The molecular formula is C11H18O2. The molecule has 0 aromatic heterocycles. The monoisotopic (exact) mass is 182 g/mol. The van der Waals surface area contributed by atoms with Gasteiger partial charge in [0.05, 0.1) is 5.92 Å². The van der Waals surface area contributed by atoms with Crippen LogP contribution >= 0.6 is 0 Å². The minimum atomic E-state index is -0.594. The van der Waals surface area contributed by atoms with Crippen molar-refractivity contribution in [2.24, 2.45) is 28.6 Å². The summed E-state index contributed by atoms with van der Waals surface area (Å²) >= 11 is 0. The van der Waals surface area contributed by atoms with E-state index in [2.05, 4.69) is 27.7 Å². The van der Waals surface area contributed by atoms with E-state index < -0.39 is 5.97 Å². The van der Waals surface area contributed by atoms with E-state index in [-0.39, 0.29) is 5.92 Å². The quantitative estimate of drug-likeness (QED) is 0.712. The molecule has 2 nitrogen and oxygen atoms in total. The van der Waals surface area contributed by atoms with Crippen LogP contribution in [0.15, 0.2) is 0 Å². The first-order valence-electron chi connectivity index (χ1n) is 5.03. The van der Waals surface area contributed by atoms with Crippen LogP contribution in [0.2, 0.25) is 0 Å². The number of carboxylic acids is 1. The highest BCUT2D eigenvalue weighted by molar-refractivity contribution is 5.73. The summed E-state index contributed by atoms with van der Waals surface area (Å²) < 4.78 is 0. The molecule has 1 N–H and O–H groups in total. The third kappa shape index (κ3) is 0.976. The molecule has 2 saturated carbocycles. The van der Waals surface area contributed by atoms with E-state index in [0.29, 0.717) is 22.7 Å². The second kappa shape index (κ2) is 2.10. The van der Waals surface area contributed by atoms with E-state index in [1.807, 2.05) is 0 Å². The molecule has 0 saturated heterocycles. The summed E-state index contributed by atoms with van der Waals surface area (Å²) in [6, 6.07) is 0. The molecule has 0 aromatic carbocycles. The molecule has 0 aromatic rings. The summed E-state index contributed by atoms with van der Waals surface area (Å²) in [5.41, 5.74) is 0.698. The van der Waals surface area contributed by atoms with Crippen LogP contribution in [0.5, 0.6) is 0 Å². The van der Waals surface area contributed by atoms with Gasteiger partial charge in [0.25, 0.3) is 0 Å². The number of aliphatic carboxylic acids is 1. The fourth-order valence-electron chi connectivity index (χ4n) is 3.18. The summed E-state index contributed by atoms with van der Waals surface area (Å²) in [6.07, 6.45) is 0.910. The number of hydrogen-bond acceptors (Lipinski definition) is 1. The summed E-state index contributed by atoms with van der Waals surface area (Å²) in [5.74, 6) is 0.457. The lowest BCUT2D eigenvalue weighted by atomic mass is 10.0. The molecule has 2 rings (SSSR count). The van der Waals surface area contributed by atoms with Crippen molar-refractivity contribution in [1.82, 2.24) is 0 Å². The lowest BCUT2D eigenvalue weighted by molar-refractivity contribution is -0.138. The number of rotatable bonds is 2. The maximum absolute atomic E-state index is 10.7. The van der Waals surface area contributed by atoms with Crippen molar-refractivity contribution >= 4 is 5.97 Å². The van der Waals surface area contributed by atoms with Crippen LogP contribution in [0, 0.1) is 28.6 Å². The van der Waals surface area contributed by atoms with Crippen LogP contribution in [-0.2, 0) is 4.79 Å². The molecule has 2 aliphatic carbocycles. The minimum Gasteiger partial charge on any atom is -0.481 e. The minimum absolute atomic E-state index is 0.0361. The molecule has 0 aliphatic heterocycles. The van der Waals surface area contributed by atoms with E-state index in [1.54, 1.807) is 0 Å². The van der Waals surface area contributed by atoms with Gasteiger partial charge in [0.15, 0.2) is 0 Å². The first-order chi connectivity index (χ1) is 5.80. The van der Waals surface area contributed by atoms with Crippen LogP contribution in [0.1, 0.15) is 34.1 Å². The molecule has 2 atom stereocenters. The average Bonchev–Trinajstić information content (AvgIpc) is 2.73. The van der Waals surface area contributed by atoms with E-state index in [9.17, 15) is 4.79 Å². The van der Waals surface area contributed by atoms with E-state index in [4.69, 9.17) is 5.11 Å². The van der Waals surface area contributed by atoms with Crippen molar-refractivity contribution in [3.05, 3.63) is 0 Å². The predicted octanol–water partition coefficient (Wildman–Crippen LogP) is 2.39. The Kier molecular flexibility index (Phi) is 1.46. The maximum Gasteiger partial charge on any atom is 0.306 e. The second-order valence-corrected chi connectivity index (χ2v) is 5.77. The van der Waals surface area contributed by atoms with Crippen molar-refractivity contribution in [2.75, 3.05) is 0 Å². The van der Waals surface area contributed by atoms with E-state index in [0.717, 1.165) is 6.42 Å². The molecule has 2 fully saturated rings. The van der Waals surface area contributed by atoms with Crippen LogP contribution in [-0.4, -0.2) is 11.1 Å². The second-order valence-electron chi connectivity index (χ2n) is 5.77. The van der Waals surface area contributed by atoms with Gasteiger partial charge in [-0.3, -0.25) is 4.79 Å². The van der Waals surface area contributed by atoms with Crippen molar-refractivity contribution in [2.45, 2.75) is 34.1 Å². The van der Waals surface area contributed by atoms with Gasteiger partial charge in [-0.15, -0.1) is 0 Å². The number of carbonyl (C=O) groups is 1. The zero-order valence-electron chi connectivity index (χ0n) is 8.79. The Bertz CT molecular complexity index is 251. The molecule has 2 aliphatic rings. The fraction of sp³-hybridized carbons (Fsp3) is 0.909. The summed E-state index contributed by atoms with van der Waals surface area (Å²) in [7, 11) is 0. The average molecular weight is 182 g/mol. The van der Waals surface area contributed by atoms with Gasteiger partial charge in [-0.1, -0.05) is 27.7 Å². The van der Waals surface area contributed by atoms with E-state index >= 15 is 0 Å². The van der Waals surface area contributed by atoms with Gasteiger partial charge in [0.2, 0.25) is 0 Å². The standard InChI is InChI=1S/C11H18O2/c1-10(2)8(11(10,3)4)6-5-7(6)9(12)13/h6-8H,5H2,1-4H3,(H,12,13). The largest absolute Gasteiger partial charge is 0.481 e. The lowest BCUT2D eigenvalue weighted by Gasteiger charge is -2.04. The van der Waals surface area contributed by atoms with Gasteiger partial charge in [0, 0.05) is 0 Å². The summed E-state index contributed by atoms with van der Waals surface area (Å²) in [5, 5.41) is 8.84. The topological polar surface area (TPSA) is 37.3 Å². The van der Waals surface area contributed by atoms with Gasteiger partial charge in [-0.2, -0.15) is 0 Å². The molecular weight excluding hydrogens is 164 g/mol. The van der Waals surface area contributed by atoms with Crippen LogP contribution < -0.4 is 0 Å². The first-order valence-corrected chi connectivity index (χ1v) is 5.03. The molecule has 0 amide bonds. The highest BCUT2D eigenvalue weighted by Crippen LogP contribution is 2.76. The normalized spacial score (nSPS) is 40.0. The lowest BCUT2D eigenvalue weighted by Crippen LogP contribution is -2.02. The molecule has 0 radical (unpaired) electrons. The predicted molar refractivity (Wildman–Crippen MR) is 50.3 cm³/mol. The zero-order chi connectivity index (χ0) is 10.0. The number of hydrogen-bond donors (Lipinski definition) is 1. The number of carboxylic acid groups (broad SMARTS) is 1. The van der Waals surface area contributed by atoms with E-state index in [1.165, 1.54) is 0 Å². The first kappa shape index (κ1) is 9.04. The molecule has 2 heteroatoms. The van der Waals surface area contributed by atoms with Crippen molar-refractivity contribution in [1.29, 1.82) is 0 Å². The SMILES string of the molecule is CC1(C)C(C2CC2C(=O)O)C1(C)C. The third-order valence-electron chi connectivity index (χ3n) is 4.72. The molecule has 0 bridgehead atoms.